The van der Waals surface area contributed by atoms with Gasteiger partial charge < -0.3 is 91.9 Å². The van der Waals surface area contributed by atoms with Gasteiger partial charge in [-0.15, -0.1) is 7.36 Å². The Hall–Kier alpha value is -6.35. The summed E-state index contributed by atoms with van der Waals surface area (Å²) < 4.78 is 162. The number of Topliss-reactive ketones (excluding diaryl/α,β-unsaturated/α-hetero) is 2. The molecule has 0 fully saturated rings. The number of hydrogen-bond donors (Lipinski definition) is 3. The molecule has 0 aromatic heterocycles. The minimum Gasteiger partial charge on any atom is -0.478 e. The van der Waals surface area contributed by atoms with Crippen LogP contribution in [0.3, 0.4) is 0 Å². The van der Waals surface area contributed by atoms with Crippen LogP contribution < -0.4 is 11.1 Å². The van der Waals surface area contributed by atoms with Gasteiger partial charge in [-0.05, 0) is 80.1 Å². The summed E-state index contributed by atoms with van der Waals surface area (Å²) in [6.07, 6.45) is -0.301. The Morgan fingerprint density at radius 2 is 0.657 bits per heavy atom. The van der Waals surface area contributed by atoms with Gasteiger partial charge in [0.1, 0.15) is 0 Å². The topological polar surface area (TPSA) is 440 Å². The molecular formula is C71H113N8O25PS3. The number of ketones is 2. The molecule has 0 radical (unpaired) electrons. The maximum Gasteiger partial charge on any atom is 0.335 e. The molecule has 0 spiro atoms. The van der Waals surface area contributed by atoms with Crippen LogP contribution in [0.2, 0.25) is 0 Å². The predicted octanol–water partition coefficient (Wildman–Crippen LogP) is 6.30. The zero-order chi connectivity index (χ0) is 82.5. The number of carboxylic acids is 1. The molecule has 0 heterocycles. The summed E-state index contributed by atoms with van der Waals surface area (Å²) >= 11 is -3.89. The first-order valence-electron chi connectivity index (χ1n) is 36.6. The van der Waals surface area contributed by atoms with Crippen LogP contribution in [-0.2, 0) is 107 Å². The summed E-state index contributed by atoms with van der Waals surface area (Å²) in [7, 11) is -6.86. The van der Waals surface area contributed by atoms with E-state index in [1.807, 2.05) is 13.8 Å². The number of aryl methyl sites for hydroxylation is 2. The predicted molar refractivity (Wildman–Crippen MR) is 413 cm³/mol. The SMILES string of the molecule is Cc1ccc(S(=O)(=O)CCC(=O)c2ccc(C(=O)NCCOCCOCCOCCOCCOCCOCCOCCOCCN=[N+]=[N-])cc2)cc1.Cc1ccc(S(=O)(=O)CCC(=O)c2ccc(C(=O)O)cc2)cc1.[2H]S([2H])([2H])([2H])=PC.[N-]=[N+]=NCCOCCOCCOCCOCCOCCOCCOCCOCCN. The van der Waals surface area contributed by atoms with Crippen LogP contribution in [0.15, 0.2) is 117 Å². The molecule has 1 amide bonds. The molecule has 108 heavy (non-hydrogen) atoms. The van der Waals surface area contributed by atoms with Crippen LogP contribution in [-0.4, -0.2) is 306 Å². The summed E-state index contributed by atoms with van der Waals surface area (Å²) in [5.41, 5.74) is 24.6. The fourth-order valence-corrected chi connectivity index (χ4v) is 10.6. The number of nitrogens with one attached hydrogen (secondary N) is 1. The van der Waals surface area contributed by atoms with Crippen LogP contribution in [0.1, 0.15) is 65.4 Å². The van der Waals surface area contributed by atoms with E-state index < -0.39 is 37.1 Å². The van der Waals surface area contributed by atoms with Gasteiger partial charge in [0.2, 0.25) is 0 Å². The summed E-state index contributed by atoms with van der Waals surface area (Å²) in [6, 6.07) is 24.5. The number of carbonyl (C=O) groups excluding carboxylic acids is 3. The number of rotatable bonds is 65. The highest BCUT2D eigenvalue weighted by atomic mass is 32.4. The van der Waals surface area contributed by atoms with E-state index in [4.69, 9.17) is 102 Å². The molecule has 610 valence electrons. The first kappa shape index (κ1) is 92.3. The van der Waals surface area contributed by atoms with Crippen molar-refractivity contribution >= 4 is 61.9 Å². The number of carbonyl (C=O) groups is 4. The van der Waals surface area contributed by atoms with Crippen molar-refractivity contribution in [2.75, 3.05) is 256 Å². The number of carboxylic acid groups (broad SMARTS) is 1. The number of hydrogen-bond acceptors (Lipinski definition) is 27. The van der Waals surface area contributed by atoms with E-state index in [0.29, 0.717) is 254 Å². The van der Waals surface area contributed by atoms with Gasteiger partial charge in [-0.2, -0.15) is 0 Å². The summed E-state index contributed by atoms with van der Waals surface area (Å²) in [4.78, 5) is 53.4. The number of azide groups is 2. The average molecular weight is 1610 g/mol. The first-order valence-corrected chi connectivity index (χ1v) is 40.7. The van der Waals surface area contributed by atoms with Gasteiger partial charge >= 0.3 is 5.97 Å². The molecule has 0 saturated carbocycles. The molecule has 33 nitrogen and oxygen atoms in total. The lowest BCUT2D eigenvalue weighted by atomic mass is 10.1. The molecule has 0 aliphatic rings. The fourth-order valence-electron chi connectivity index (χ4n) is 8.08. The van der Waals surface area contributed by atoms with E-state index in [1.54, 1.807) is 36.4 Å². The normalized spacial score (nSPS) is 12.1. The Labute approximate surface area is 645 Å². The molecule has 37 heteroatoms. The molecule has 0 bridgehead atoms. The highest BCUT2D eigenvalue weighted by molar-refractivity contribution is 7.96. The van der Waals surface area contributed by atoms with Gasteiger partial charge in [0, 0.05) is 65.5 Å². The molecule has 0 atom stereocenters. The quantitative estimate of drug-likeness (QED) is 0.0109. The van der Waals surface area contributed by atoms with Gasteiger partial charge in [-0.25, -0.2) is 21.6 Å². The maximum atomic E-state index is 12.5. The van der Waals surface area contributed by atoms with Crippen molar-refractivity contribution < 1.29 is 117 Å². The van der Waals surface area contributed by atoms with Crippen LogP contribution in [0.4, 0.5) is 0 Å². The number of benzene rings is 4. The molecule has 4 N–H and O–H groups in total. The second-order valence-corrected chi connectivity index (χ2v) is 27.7. The lowest BCUT2D eigenvalue weighted by molar-refractivity contribution is -0.0228. The van der Waals surface area contributed by atoms with Crippen LogP contribution >= 0.6 is 7.36 Å². The number of sulfone groups is 2. The summed E-state index contributed by atoms with van der Waals surface area (Å²) in [5.74, 6) is -2.60. The van der Waals surface area contributed by atoms with Crippen LogP contribution in [0, 0.1) is 13.8 Å². The van der Waals surface area contributed by atoms with Crippen molar-refractivity contribution in [3.05, 3.63) is 151 Å². The first-order chi connectivity index (χ1) is 53.8. The lowest BCUT2D eigenvalue weighted by Crippen LogP contribution is -2.27. The second kappa shape index (κ2) is 69.8. The Bertz CT molecular complexity index is 3540. The van der Waals surface area contributed by atoms with E-state index >= 15 is 0 Å². The summed E-state index contributed by atoms with van der Waals surface area (Å²) in [5, 5.41) is 18.3. The zero-order valence-electron chi connectivity index (χ0n) is 66.2. The number of ether oxygens (including phenoxy) is 16. The minimum atomic E-state index is -3.89. The van der Waals surface area contributed by atoms with Crippen molar-refractivity contribution in [1.82, 2.24) is 5.32 Å². The largest absolute Gasteiger partial charge is 0.478 e. The monoisotopic (exact) mass is 1610 g/mol. The highest BCUT2D eigenvalue weighted by Gasteiger charge is 2.20. The van der Waals surface area contributed by atoms with Crippen molar-refractivity contribution in [2.24, 2.45) is 16.0 Å². The van der Waals surface area contributed by atoms with E-state index in [0.717, 1.165) is 11.1 Å². The molecule has 4 aromatic carbocycles. The number of aromatic carboxylic acids is 1. The zero-order valence-corrected chi connectivity index (χ0v) is 65.5. The smallest absolute Gasteiger partial charge is 0.335 e. The van der Waals surface area contributed by atoms with Crippen molar-refractivity contribution in [1.29, 1.82) is 4.50 Å². The summed E-state index contributed by atoms with van der Waals surface area (Å²) in [6.45, 7) is 21.7. The number of nitrogens with two attached hydrogens (primary N) is 1. The second-order valence-electron chi connectivity index (χ2n) is 22.0. The van der Waals surface area contributed by atoms with Gasteiger partial charge in [0.25, 0.3) is 5.91 Å². The van der Waals surface area contributed by atoms with Gasteiger partial charge in [-0.3, -0.25) is 25.8 Å². The van der Waals surface area contributed by atoms with E-state index in [2.05, 4.69) is 25.4 Å². The lowest BCUT2D eigenvalue weighted by Gasteiger charge is -2.09. The van der Waals surface area contributed by atoms with E-state index in [-0.39, 0.29) is 64.5 Å². The molecule has 0 unspecified atom stereocenters. The standard InChI is InChI=1S/C35H52N4O12S.C18H38N4O8.C17H16O5S.CH7PS/c1-30-2-8-33(9-3-30)52(42,43)29-10-34(40)31-4-6-32(7-5-31)35(41)37-11-13-44-15-17-46-19-21-48-23-25-50-27-28-51-26-24-49-22-20-47-18-16-45-14-12-38-39-36;19-1-3-23-5-7-25-9-11-27-13-15-29-17-18-30-16-14-28-12-10-26-8-6-24-4-2-21-22-20;1-12-2-8-15(9-3-12)23(21,22)11-10-16(18)13-4-6-14(7-5-13)17(19)20;1-2-3/h2-9H,10-29H2,1H3,(H,37,41);1-19H2;2-9H,10-11H2,1H3,(H,19,20);1H3,3H4/i;;;3D4. The molecule has 4 aromatic rings. The average Bonchev–Trinajstić information content (AvgIpc) is 0.845. The third kappa shape index (κ3) is 56.8. The van der Waals surface area contributed by atoms with Crippen molar-refractivity contribution in [3.63, 3.8) is 0 Å². The Balaban J connectivity index is 0.000000876. The molecule has 0 saturated heterocycles. The number of nitrogens with zero attached hydrogens (tertiary/aromatic N) is 6. The van der Waals surface area contributed by atoms with Gasteiger partial charge in [0.05, 0.1) is 243 Å². The third-order valence-corrected chi connectivity index (χ3v) is 17.1. The fraction of sp³-hybridized carbons (Fsp3) is 0.606. The molecular weight excluding hydrogens is 1490 g/mol. The third-order valence-electron chi connectivity index (χ3n) is 13.7. The Morgan fingerprint density at radius 3 is 0.907 bits per heavy atom. The van der Waals surface area contributed by atoms with E-state index in [1.165, 1.54) is 67.3 Å². The highest BCUT2D eigenvalue weighted by Crippen LogP contribution is 2.17. The van der Waals surface area contributed by atoms with E-state index in [9.17, 15) is 36.0 Å². The van der Waals surface area contributed by atoms with Crippen molar-refractivity contribution in [3.8, 4) is 0 Å². The number of amides is 1. The Kier molecular flexibility index (Phi) is 59.6. The molecule has 0 aliphatic heterocycles. The van der Waals surface area contributed by atoms with Crippen LogP contribution in [0.25, 0.3) is 20.9 Å². The maximum absolute atomic E-state index is 12.5. The molecule has 0 aliphatic carbocycles. The van der Waals surface area contributed by atoms with Crippen LogP contribution in [0.5, 0.6) is 0 Å². The molecule has 4 rings (SSSR count). The van der Waals surface area contributed by atoms with Crippen molar-refractivity contribution in [2.45, 2.75) is 36.5 Å². The minimum absolute atomic E-state index is 0.0776. The van der Waals surface area contributed by atoms with Gasteiger partial charge in [-0.1, -0.05) is 69.9 Å². The Morgan fingerprint density at radius 1 is 0.417 bits per heavy atom. The van der Waals surface area contributed by atoms with Gasteiger partial charge in [0.15, 0.2) is 31.2 Å².